The van der Waals surface area contributed by atoms with Gasteiger partial charge in [0.25, 0.3) is 0 Å². The first kappa shape index (κ1) is 57.8. The number of carboxylic acid groups (broad SMARTS) is 2. The number of aliphatic carboxylic acids is 2. The largest absolute Gasteiger partial charge is 0.481 e. The maximum Gasteiger partial charge on any atom is 0.328 e. The molecule has 0 saturated carbocycles. The predicted molar refractivity (Wildman–Crippen MR) is 231 cm³/mol. The summed E-state index contributed by atoms with van der Waals surface area (Å²) in [7, 11) is 0. The Morgan fingerprint density at radius 3 is 1.49 bits per heavy atom. The molecular weight excluding hydrogens is 873 g/mol. The zero-order valence-electron chi connectivity index (χ0n) is 36.1. The fraction of sp³-hybridized carbons (Fsp3) is 0.703. The third-order valence-corrected chi connectivity index (χ3v) is 10.5. The van der Waals surface area contributed by atoms with Crippen LogP contribution in [0.25, 0.3) is 0 Å². The van der Waals surface area contributed by atoms with Gasteiger partial charge in [-0.3, -0.25) is 47.9 Å². The van der Waals surface area contributed by atoms with Crippen molar-refractivity contribution in [1.29, 1.82) is 0 Å². The van der Waals surface area contributed by atoms with Gasteiger partial charge in [-0.2, -0.15) is 24.4 Å². The van der Waals surface area contributed by atoms with Crippen molar-refractivity contribution in [2.75, 3.05) is 17.8 Å². The topological polar surface area (TPSA) is 411 Å². The van der Waals surface area contributed by atoms with Crippen LogP contribution in [-0.2, 0) is 52.7 Å². The van der Waals surface area contributed by atoms with E-state index in [2.05, 4.69) is 49.8 Å². The van der Waals surface area contributed by atoms with Crippen LogP contribution in [0.2, 0.25) is 0 Å². The number of hydrogen-bond donors (Lipinski definition) is 14. The van der Waals surface area contributed by atoms with Crippen LogP contribution in [0.3, 0.4) is 0 Å². The summed E-state index contributed by atoms with van der Waals surface area (Å²) in [5.41, 5.74) is 16.2. The van der Waals surface area contributed by atoms with E-state index in [1.165, 1.54) is 11.8 Å². The number of carbonyl (C=O) groups excluding carboxylic acids is 9. The number of nitrogens with two attached hydrogens (primary N) is 3. The minimum Gasteiger partial charge on any atom is -0.481 e. The molecule has 0 radical (unpaired) electrons. The Balaban J connectivity index is 6.39. The summed E-state index contributed by atoms with van der Waals surface area (Å²) in [4.78, 5) is 140. The molecule has 0 aliphatic carbocycles. The Kier molecular flexibility index (Phi) is 26.8. The first-order chi connectivity index (χ1) is 29.3. The highest BCUT2D eigenvalue weighted by Crippen LogP contribution is 2.12. The lowest BCUT2D eigenvalue weighted by molar-refractivity contribution is -0.145. The first-order valence-corrected chi connectivity index (χ1v) is 22.0. The summed E-state index contributed by atoms with van der Waals surface area (Å²) in [6, 6.07) is -11.8. The van der Waals surface area contributed by atoms with Crippen molar-refractivity contribution in [3.63, 3.8) is 0 Å². The molecule has 0 aromatic rings. The third-order valence-electron chi connectivity index (χ3n) is 9.51. The molecule has 16 N–H and O–H groups in total. The maximum atomic E-state index is 13.9. The monoisotopic (exact) mass is 936 g/mol. The summed E-state index contributed by atoms with van der Waals surface area (Å²) < 4.78 is 0. The Bertz CT molecular complexity index is 1640. The van der Waals surface area contributed by atoms with Gasteiger partial charge in [-0.05, 0) is 50.0 Å². The quantitative estimate of drug-likeness (QED) is 0.0292. The number of rotatable bonds is 31. The fourth-order valence-corrected chi connectivity index (χ4v) is 6.26. The number of carbonyl (C=O) groups is 11. The van der Waals surface area contributed by atoms with E-state index in [0.29, 0.717) is 5.75 Å². The van der Waals surface area contributed by atoms with Crippen LogP contribution in [0.4, 0.5) is 0 Å². The second kappa shape index (κ2) is 29.2. The average molecular weight is 937 g/mol. The molecule has 0 heterocycles. The molecule has 10 unspecified atom stereocenters. The van der Waals surface area contributed by atoms with Gasteiger partial charge in [-0.25, -0.2) is 4.79 Å². The molecule has 24 nitrogen and oxygen atoms in total. The van der Waals surface area contributed by atoms with Gasteiger partial charge in [0.1, 0.15) is 36.3 Å². The second-order valence-corrected chi connectivity index (χ2v) is 16.4. The highest BCUT2D eigenvalue weighted by atomic mass is 32.2. The zero-order chi connectivity index (χ0) is 48.7. The van der Waals surface area contributed by atoms with Gasteiger partial charge in [0, 0.05) is 18.6 Å². The standard InChI is InChI=1S/C37H64N10O14S2/c1-7-17(4)28(46-34(57)23(15-62)44-33(56)22(14-26(51)52)43-30(53)19(38)8-10-24(39)49)36(59)42-20(9-11-25(40)50)31(54)41-21(12-13-63-6)32(55)45-27(16(2)3)35(58)47-29(18(5)48)37(60)61/h16-23,27-29,48,62H,7-15,38H2,1-6H3,(H2,39,49)(H2,40,50)(H,41,54)(H,42,59)(H,43,53)(H,44,56)(H,45,55)(H,46,57)(H,47,58)(H,51,52)(H,60,61). The van der Waals surface area contributed by atoms with Gasteiger partial charge >= 0.3 is 11.9 Å². The van der Waals surface area contributed by atoms with Crippen LogP contribution in [0.5, 0.6) is 0 Å². The number of primary amides is 2. The Labute approximate surface area is 374 Å². The lowest BCUT2D eigenvalue weighted by Crippen LogP contribution is -2.62. The number of aliphatic hydroxyl groups excluding tert-OH is 1. The Hall–Kier alpha value is -5.21. The maximum absolute atomic E-state index is 13.9. The number of amides is 9. The third kappa shape index (κ3) is 21.6. The number of thiol groups is 1. The van der Waals surface area contributed by atoms with Crippen molar-refractivity contribution in [3.05, 3.63) is 0 Å². The molecule has 0 spiro atoms. The molecule has 0 bridgehead atoms. The number of thioether (sulfide) groups is 1. The van der Waals surface area contributed by atoms with Gasteiger partial charge in [-0.15, -0.1) is 0 Å². The minimum absolute atomic E-state index is 0.00850. The van der Waals surface area contributed by atoms with Crippen molar-refractivity contribution >= 4 is 89.5 Å². The molecule has 0 aliphatic rings. The summed E-state index contributed by atoms with van der Waals surface area (Å²) >= 11 is 5.43. The van der Waals surface area contributed by atoms with E-state index in [-0.39, 0.29) is 37.9 Å². The SMILES string of the molecule is CCC(C)C(NC(=O)C(CS)NC(=O)C(CC(=O)O)NC(=O)C(N)CCC(N)=O)C(=O)NC(CCC(N)=O)C(=O)NC(CCSC)C(=O)NC(C(=O)NC(C(=O)O)C(C)O)C(C)C. The van der Waals surface area contributed by atoms with Crippen LogP contribution < -0.4 is 54.4 Å². The summed E-state index contributed by atoms with van der Waals surface area (Å²) in [6.45, 7) is 7.56. The van der Waals surface area contributed by atoms with Crippen molar-refractivity contribution in [1.82, 2.24) is 37.2 Å². The van der Waals surface area contributed by atoms with Crippen LogP contribution in [0, 0.1) is 11.8 Å². The number of nitrogens with one attached hydrogen (secondary N) is 7. The number of aliphatic hydroxyl groups is 1. The van der Waals surface area contributed by atoms with Gasteiger partial charge in [0.2, 0.25) is 53.2 Å². The van der Waals surface area contributed by atoms with Crippen LogP contribution in [0.15, 0.2) is 0 Å². The first-order valence-electron chi connectivity index (χ1n) is 20.0. The van der Waals surface area contributed by atoms with Crippen LogP contribution >= 0.6 is 24.4 Å². The number of carboxylic acids is 2. The molecule has 63 heavy (non-hydrogen) atoms. The molecule has 0 fully saturated rings. The van der Waals surface area contributed by atoms with Crippen molar-refractivity contribution in [3.8, 4) is 0 Å². The van der Waals surface area contributed by atoms with Crippen molar-refractivity contribution in [2.45, 2.75) is 134 Å². The number of hydrogen-bond acceptors (Lipinski definition) is 15. The Morgan fingerprint density at radius 1 is 0.587 bits per heavy atom. The predicted octanol–water partition coefficient (Wildman–Crippen LogP) is -4.44. The summed E-state index contributed by atoms with van der Waals surface area (Å²) in [5, 5.41) is 45.3. The summed E-state index contributed by atoms with van der Waals surface area (Å²) in [5.74, 6) is -12.7. The molecule has 10 atom stereocenters. The zero-order valence-corrected chi connectivity index (χ0v) is 37.8. The van der Waals surface area contributed by atoms with E-state index in [1.807, 2.05) is 0 Å². The highest BCUT2D eigenvalue weighted by molar-refractivity contribution is 7.98. The smallest absolute Gasteiger partial charge is 0.328 e. The lowest BCUT2D eigenvalue weighted by Gasteiger charge is -2.30. The highest BCUT2D eigenvalue weighted by Gasteiger charge is 2.36. The van der Waals surface area contributed by atoms with E-state index in [4.69, 9.17) is 17.2 Å². The molecule has 0 aliphatic heterocycles. The molecule has 26 heteroatoms. The van der Waals surface area contributed by atoms with E-state index in [1.54, 1.807) is 34.0 Å². The molecule has 0 rings (SSSR count). The fourth-order valence-electron chi connectivity index (χ4n) is 5.53. The summed E-state index contributed by atoms with van der Waals surface area (Å²) in [6.07, 6.45) is -1.65. The van der Waals surface area contributed by atoms with Crippen molar-refractivity contribution in [2.24, 2.45) is 29.0 Å². The lowest BCUT2D eigenvalue weighted by atomic mass is 9.97. The molecule has 0 aromatic heterocycles. The van der Waals surface area contributed by atoms with E-state index in [9.17, 15) is 68.1 Å². The average Bonchev–Trinajstić information content (AvgIpc) is 3.20. The Morgan fingerprint density at radius 2 is 1.02 bits per heavy atom. The van der Waals surface area contributed by atoms with E-state index in [0.717, 1.165) is 6.92 Å². The van der Waals surface area contributed by atoms with Crippen LogP contribution in [-0.4, -0.2) is 153 Å². The second-order valence-electron chi connectivity index (χ2n) is 15.1. The van der Waals surface area contributed by atoms with Gasteiger partial charge in [0.15, 0.2) is 6.04 Å². The van der Waals surface area contributed by atoms with Gasteiger partial charge in [0.05, 0.1) is 18.6 Å². The van der Waals surface area contributed by atoms with E-state index < -0.39 is 144 Å². The normalized spacial score (nSPS) is 15.8. The van der Waals surface area contributed by atoms with Gasteiger partial charge < -0.3 is 69.7 Å². The molecule has 0 saturated heterocycles. The molecule has 0 aromatic carbocycles. The molecule has 9 amide bonds. The van der Waals surface area contributed by atoms with Crippen molar-refractivity contribution < 1.29 is 68.1 Å². The molecule has 358 valence electrons. The van der Waals surface area contributed by atoms with E-state index >= 15 is 0 Å². The van der Waals surface area contributed by atoms with Crippen LogP contribution in [0.1, 0.15) is 79.6 Å². The van der Waals surface area contributed by atoms with Gasteiger partial charge in [-0.1, -0.05) is 34.1 Å². The molecular formula is C37H64N10O14S2. The minimum atomic E-state index is -1.74.